The van der Waals surface area contributed by atoms with E-state index in [1.165, 1.54) is 9.36 Å². The number of para-hydroxylation sites is 1. The molecule has 12 heteroatoms. The molecule has 6 rings (SSSR count). The van der Waals surface area contributed by atoms with Crippen LogP contribution in [-0.2, 0) is 16.1 Å². The summed E-state index contributed by atoms with van der Waals surface area (Å²) in [5, 5.41) is 10.5. The summed E-state index contributed by atoms with van der Waals surface area (Å²) in [6, 6.07) is 11.2. The number of carbonyl (C=O) groups is 2. The summed E-state index contributed by atoms with van der Waals surface area (Å²) >= 11 is 17.6. The van der Waals surface area contributed by atoms with Crippen molar-refractivity contribution < 1.29 is 14.7 Å². The van der Waals surface area contributed by atoms with Crippen molar-refractivity contribution in [2.45, 2.75) is 48.5 Å². The van der Waals surface area contributed by atoms with Crippen molar-refractivity contribution in [2.24, 2.45) is 0 Å². The predicted molar refractivity (Wildman–Crippen MR) is 149 cm³/mol. The third kappa shape index (κ3) is 3.25. The number of carbonyl (C=O) groups excluding carboxylic acids is 2. The molecule has 0 radical (unpaired) electrons. The van der Waals surface area contributed by atoms with Crippen molar-refractivity contribution in [1.82, 2.24) is 18.8 Å². The van der Waals surface area contributed by atoms with E-state index in [0.717, 1.165) is 9.47 Å². The molecule has 202 valence electrons. The van der Waals surface area contributed by atoms with Gasteiger partial charge in [0.15, 0.2) is 9.75 Å². The van der Waals surface area contributed by atoms with Crippen LogP contribution in [0.5, 0.6) is 5.75 Å². The van der Waals surface area contributed by atoms with Gasteiger partial charge in [-0.25, -0.2) is 23.5 Å². The smallest absolute Gasteiger partial charge is 0.352 e. The Morgan fingerprint density at radius 1 is 1.00 bits per heavy atom. The molecular formula is C27H23BrCl2N4O5. The van der Waals surface area contributed by atoms with Crippen molar-refractivity contribution in [3.8, 4) is 11.4 Å². The molecule has 1 aromatic heterocycles. The largest absolute Gasteiger partial charge is 0.507 e. The number of fused-ring (bicyclic) bond motifs is 4. The standard InChI is InChI=1S/C27H23BrCl2N4O5/c1-14-10-16(11-15(2)21(14)35)20-18-8-9-32-24(38)33(17-6-4-3-5-7-17)25(39)34(32)19(18)12-26(29)22(36)31(13-28)23(37)27(20,26)30/h3-8,10-11,19-20,35H,9,12-13H2,1-2H3. The topological polar surface area (TPSA) is 107 Å². The second kappa shape index (κ2) is 8.71. The highest BCUT2D eigenvalue weighted by Gasteiger charge is 2.75. The summed E-state index contributed by atoms with van der Waals surface area (Å²) in [5.74, 6) is -2.14. The van der Waals surface area contributed by atoms with Gasteiger partial charge in [0.1, 0.15) is 5.75 Å². The van der Waals surface area contributed by atoms with Crippen molar-refractivity contribution in [1.29, 1.82) is 0 Å². The molecule has 3 aromatic rings. The highest BCUT2D eigenvalue weighted by atomic mass is 79.9. The van der Waals surface area contributed by atoms with Gasteiger partial charge in [0.25, 0.3) is 11.8 Å². The van der Waals surface area contributed by atoms with Crippen molar-refractivity contribution >= 4 is 50.9 Å². The molecule has 2 aliphatic heterocycles. The summed E-state index contributed by atoms with van der Waals surface area (Å²) in [5.41, 5.74) is 1.48. The van der Waals surface area contributed by atoms with Gasteiger partial charge in [0.2, 0.25) is 0 Å². The minimum absolute atomic E-state index is 0.0544. The van der Waals surface area contributed by atoms with Crippen LogP contribution in [0.3, 0.4) is 0 Å². The van der Waals surface area contributed by atoms with E-state index in [1.54, 1.807) is 62.4 Å². The Labute approximate surface area is 241 Å². The second-order valence-electron chi connectivity index (χ2n) is 10.2. The highest BCUT2D eigenvalue weighted by molar-refractivity contribution is 9.09. The van der Waals surface area contributed by atoms with Crippen molar-refractivity contribution in [3.05, 3.63) is 91.8 Å². The van der Waals surface area contributed by atoms with Crippen LogP contribution in [-0.4, -0.2) is 51.0 Å². The first-order valence-electron chi connectivity index (χ1n) is 12.3. The number of halogens is 3. The molecular weight excluding hydrogens is 611 g/mol. The number of phenolic OH excluding ortho intramolecular Hbond substituents is 1. The number of hydrogen-bond acceptors (Lipinski definition) is 5. The second-order valence-corrected chi connectivity index (χ2v) is 11.9. The van der Waals surface area contributed by atoms with Gasteiger partial charge < -0.3 is 5.11 Å². The average molecular weight is 634 g/mol. The Morgan fingerprint density at radius 2 is 1.64 bits per heavy atom. The molecule has 9 nitrogen and oxygen atoms in total. The zero-order valence-corrected chi connectivity index (χ0v) is 24.0. The lowest BCUT2D eigenvalue weighted by molar-refractivity contribution is -0.138. The van der Waals surface area contributed by atoms with Gasteiger partial charge in [0.05, 0.1) is 23.7 Å². The van der Waals surface area contributed by atoms with Crippen LogP contribution in [0.1, 0.15) is 35.1 Å². The zero-order valence-electron chi connectivity index (χ0n) is 20.9. The van der Waals surface area contributed by atoms with E-state index < -0.39 is 44.9 Å². The molecule has 4 atom stereocenters. The fourth-order valence-corrected chi connectivity index (χ4v) is 7.75. The van der Waals surface area contributed by atoms with Crippen LogP contribution in [0.4, 0.5) is 0 Å². The lowest BCUT2D eigenvalue weighted by atomic mass is 9.64. The SMILES string of the molecule is Cc1cc(C2C3=CCn4c(=O)n(-c5ccccc5)c(=O)n4C3CC3(Cl)C(=O)N(CBr)C(=O)C23Cl)cc(C)c1O. The number of hydrogen-bond donors (Lipinski definition) is 1. The molecule has 1 saturated carbocycles. The van der Waals surface area contributed by atoms with Gasteiger partial charge >= 0.3 is 11.4 Å². The first-order chi connectivity index (χ1) is 18.5. The van der Waals surface area contributed by atoms with Gasteiger partial charge in [-0.1, -0.05) is 52.3 Å². The average Bonchev–Trinajstić information content (AvgIpc) is 3.25. The Morgan fingerprint density at radius 3 is 2.26 bits per heavy atom. The number of amides is 2. The van der Waals surface area contributed by atoms with E-state index in [9.17, 15) is 24.3 Å². The Bertz CT molecular complexity index is 1700. The first-order valence-corrected chi connectivity index (χ1v) is 14.1. The Hall–Kier alpha value is -3.08. The van der Waals surface area contributed by atoms with Crippen LogP contribution in [0.25, 0.3) is 5.69 Å². The van der Waals surface area contributed by atoms with Gasteiger partial charge in [-0.2, -0.15) is 0 Å². The summed E-state index contributed by atoms with van der Waals surface area (Å²) < 4.78 is 3.72. The molecule has 39 heavy (non-hydrogen) atoms. The quantitative estimate of drug-likeness (QED) is 0.206. The van der Waals surface area contributed by atoms with Gasteiger partial charge in [-0.05, 0) is 48.2 Å². The maximum Gasteiger partial charge on any atom is 0.352 e. The van der Waals surface area contributed by atoms with E-state index in [2.05, 4.69) is 15.9 Å². The maximum atomic E-state index is 13.8. The minimum atomic E-state index is -1.92. The molecule has 2 amide bonds. The van der Waals surface area contributed by atoms with Crippen LogP contribution in [0, 0.1) is 13.8 Å². The summed E-state index contributed by atoms with van der Waals surface area (Å²) in [6.07, 6.45) is 1.61. The number of allylic oxidation sites excluding steroid dienone is 2. The molecule has 0 bridgehead atoms. The lowest BCUT2D eigenvalue weighted by Crippen LogP contribution is -2.59. The number of likely N-dealkylation sites (tertiary alicyclic amines) is 1. The van der Waals surface area contributed by atoms with E-state index in [0.29, 0.717) is 28.0 Å². The molecule has 3 aliphatic rings. The number of alkyl halides is 3. The molecule has 1 N–H and O–H groups in total. The van der Waals surface area contributed by atoms with E-state index >= 15 is 0 Å². The van der Waals surface area contributed by atoms with E-state index in [4.69, 9.17) is 23.2 Å². The number of imide groups is 1. The van der Waals surface area contributed by atoms with Crippen molar-refractivity contribution in [3.63, 3.8) is 0 Å². The monoisotopic (exact) mass is 632 g/mol. The van der Waals surface area contributed by atoms with Crippen LogP contribution in [0.2, 0.25) is 0 Å². The molecule has 2 aromatic carbocycles. The molecule has 1 aliphatic carbocycles. The normalized spacial score (nSPS) is 27.7. The predicted octanol–water partition coefficient (Wildman–Crippen LogP) is 3.47. The summed E-state index contributed by atoms with van der Waals surface area (Å²) in [4.78, 5) is 51.9. The molecule has 2 fully saturated rings. The number of aryl methyl sites for hydroxylation is 2. The first kappa shape index (κ1) is 26.2. The Kier molecular flexibility index (Phi) is 5.84. The van der Waals surface area contributed by atoms with E-state index in [1.807, 2.05) is 0 Å². The van der Waals surface area contributed by atoms with Crippen LogP contribution >= 0.6 is 39.1 Å². The van der Waals surface area contributed by atoms with Crippen LogP contribution in [0.15, 0.2) is 63.7 Å². The summed E-state index contributed by atoms with van der Waals surface area (Å²) in [6.45, 7) is 3.51. The zero-order chi connectivity index (χ0) is 28.0. The minimum Gasteiger partial charge on any atom is -0.507 e. The molecule has 3 heterocycles. The Balaban J connectivity index is 1.63. The highest BCUT2D eigenvalue weighted by Crippen LogP contribution is 2.63. The van der Waals surface area contributed by atoms with Gasteiger partial charge in [0, 0.05) is 12.3 Å². The number of nitrogens with zero attached hydrogens (tertiary/aromatic N) is 4. The number of aromatic hydroxyl groups is 1. The van der Waals surface area contributed by atoms with Gasteiger partial charge in [-0.3, -0.25) is 14.5 Å². The lowest BCUT2D eigenvalue weighted by Gasteiger charge is -2.49. The van der Waals surface area contributed by atoms with Crippen LogP contribution < -0.4 is 11.4 Å². The van der Waals surface area contributed by atoms with E-state index in [-0.39, 0.29) is 24.2 Å². The molecule has 4 unspecified atom stereocenters. The number of aromatic nitrogens is 3. The third-order valence-corrected chi connectivity index (χ3v) is 10.1. The molecule has 1 saturated heterocycles. The fourth-order valence-electron chi connectivity index (χ4n) is 6.34. The number of benzene rings is 2. The number of phenols is 1. The number of rotatable bonds is 3. The molecule has 0 spiro atoms. The summed E-state index contributed by atoms with van der Waals surface area (Å²) in [7, 11) is 0. The third-order valence-electron chi connectivity index (χ3n) is 8.14. The fraction of sp³-hybridized carbons (Fsp3) is 0.333. The van der Waals surface area contributed by atoms with Crippen molar-refractivity contribution in [2.75, 3.05) is 5.45 Å². The van der Waals surface area contributed by atoms with Gasteiger partial charge in [-0.15, -0.1) is 23.2 Å². The maximum absolute atomic E-state index is 13.8.